The summed E-state index contributed by atoms with van der Waals surface area (Å²) in [5.41, 5.74) is 9.72. The minimum atomic E-state index is -1.58. The Hall–Kier alpha value is -1.77. The highest BCUT2D eigenvalue weighted by atomic mass is 16.6. The van der Waals surface area contributed by atoms with Crippen molar-refractivity contribution in [3.05, 3.63) is 28.4 Å². The van der Waals surface area contributed by atoms with Gasteiger partial charge in [0.25, 0.3) is 0 Å². The van der Waals surface area contributed by atoms with Crippen molar-refractivity contribution in [2.24, 2.45) is 16.6 Å². The number of carbonyl (C=O) groups excluding carboxylic acids is 1. The van der Waals surface area contributed by atoms with Crippen LogP contribution in [0.5, 0.6) is 0 Å². The Bertz CT molecular complexity index is 489. The summed E-state index contributed by atoms with van der Waals surface area (Å²) in [6.07, 6.45) is 1.35. The van der Waals surface area contributed by atoms with Gasteiger partial charge in [-0.3, -0.25) is 0 Å². The highest BCUT2D eigenvalue weighted by Crippen LogP contribution is 2.46. The van der Waals surface area contributed by atoms with Crippen LogP contribution in [0.15, 0.2) is 28.7 Å². The normalized spacial score (nSPS) is 36.7. The summed E-state index contributed by atoms with van der Waals surface area (Å²) in [7, 11) is 1.20. The van der Waals surface area contributed by atoms with Crippen LogP contribution in [0.25, 0.3) is 0 Å². The zero-order chi connectivity index (χ0) is 14.3. The van der Waals surface area contributed by atoms with Gasteiger partial charge in [-0.05, 0) is 12.0 Å². The molecule has 0 fully saturated rings. The molecular weight excluding hydrogens is 254 g/mol. The lowest BCUT2D eigenvalue weighted by atomic mass is 9.70. The predicted molar refractivity (Wildman–Crippen MR) is 64.4 cm³/mol. The third-order valence-corrected chi connectivity index (χ3v) is 3.77. The van der Waals surface area contributed by atoms with Gasteiger partial charge >= 0.3 is 5.97 Å². The van der Waals surface area contributed by atoms with Gasteiger partial charge in [0.15, 0.2) is 0 Å². The largest absolute Gasteiger partial charge is 0.470 e. The summed E-state index contributed by atoms with van der Waals surface area (Å²) in [6, 6.07) is 0. The number of hydrogen-bond donors (Lipinski definition) is 3. The lowest BCUT2D eigenvalue weighted by Gasteiger charge is -2.47. The van der Waals surface area contributed by atoms with Crippen molar-refractivity contribution in [3.8, 4) is 0 Å². The van der Waals surface area contributed by atoms with Crippen LogP contribution in [0, 0.1) is 4.91 Å². The zero-order valence-electron chi connectivity index (χ0n) is 10.3. The molecule has 8 heteroatoms. The number of methoxy groups -OCH3 is 1. The molecule has 0 radical (unpaired) electrons. The Morgan fingerprint density at radius 3 is 2.95 bits per heavy atom. The average molecular weight is 269 g/mol. The van der Waals surface area contributed by atoms with E-state index in [-0.39, 0.29) is 18.5 Å². The lowest BCUT2D eigenvalue weighted by molar-refractivity contribution is -0.145. The van der Waals surface area contributed by atoms with Crippen LogP contribution in [0.3, 0.4) is 0 Å². The topological polar surface area (TPSA) is 137 Å². The first-order valence-electron chi connectivity index (χ1n) is 5.60. The average Bonchev–Trinajstić information content (AvgIpc) is 2.65. The van der Waals surface area contributed by atoms with Gasteiger partial charge in [0.1, 0.15) is 12.1 Å². The van der Waals surface area contributed by atoms with E-state index in [0.29, 0.717) is 5.57 Å². The molecule has 3 unspecified atom stereocenters. The third-order valence-electron chi connectivity index (χ3n) is 3.77. The lowest BCUT2D eigenvalue weighted by Crippen LogP contribution is -2.73. The number of aliphatic hydroxyl groups excluding tert-OH is 1. The second-order valence-corrected chi connectivity index (χ2v) is 4.57. The van der Waals surface area contributed by atoms with Crippen molar-refractivity contribution in [2.45, 2.75) is 23.8 Å². The number of nitroso groups, excluding NO2 is 1. The Morgan fingerprint density at radius 2 is 2.37 bits per heavy atom. The molecule has 1 aliphatic heterocycles. The van der Waals surface area contributed by atoms with Crippen LogP contribution in [-0.2, 0) is 14.3 Å². The summed E-state index contributed by atoms with van der Waals surface area (Å²) < 4.78 is 9.60. The molecule has 2 rings (SSSR count). The first-order valence-corrected chi connectivity index (χ1v) is 5.60. The van der Waals surface area contributed by atoms with Gasteiger partial charge in [0, 0.05) is 0 Å². The quantitative estimate of drug-likeness (QED) is 0.335. The zero-order valence-corrected chi connectivity index (χ0v) is 10.3. The highest BCUT2D eigenvalue weighted by molar-refractivity contribution is 5.92. The second-order valence-electron chi connectivity index (χ2n) is 4.57. The molecule has 2 aliphatic rings. The van der Waals surface area contributed by atoms with Gasteiger partial charge in [0.05, 0.1) is 24.5 Å². The van der Waals surface area contributed by atoms with E-state index in [1.165, 1.54) is 7.11 Å². The molecule has 0 aromatic carbocycles. The molecule has 0 aromatic heterocycles. The molecule has 5 N–H and O–H groups in total. The molecular formula is C11H15N3O5. The monoisotopic (exact) mass is 269 g/mol. The van der Waals surface area contributed by atoms with Crippen LogP contribution in [-0.4, -0.2) is 42.1 Å². The second kappa shape index (κ2) is 4.41. The van der Waals surface area contributed by atoms with Crippen molar-refractivity contribution >= 4 is 5.97 Å². The summed E-state index contributed by atoms with van der Waals surface area (Å²) in [5, 5.41) is 12.7. The van der Waals surface area contributed by atoms with Gasteiger partial charge in [-0.25, -0.2) is 4.79 Å². The van der Waals surface area contributed by atoms with Gasteiger partial charge in [-0.2, -0.15) is 4.91 Å². The van der Waals surface area contributed by atoms with Crippen molar-refractivity contribution in [1.82, 2.24) is 0 Å². The number of ether oxygens (including phenoxy) is 2. The Balaban J connectivity index is 2.50. The van der Waals surface area contributed by atoms with Crippen molar-refractivity contribution < 1.29 is 19.4 Å². The number of rotatable bonds is 3. The fourth-order valence-electron chi connectivity index (χ4n) is 2.57. The molecule has 8 nitrogen and oxygen atoms in total. The predicted octanol–water partition coefficient (Wildman–Crippen LogP) is -1.12. The summed E-state index contributed by atoms with van der Waals surface area (Å²) in [5.74, 6) is -0.696. The Labute approximate surface area is 109 Å². The minimum absolute atomic E-state index is 0.0138. The van der Waals surface area contributed by atoms with E-state index in [1.54, 1.807) is 6.08 Å². The molecule has 0 saturated carbocycles. The van der Waals surface area contributed by atoms with Gasteiger partial charge < -0.3 is 26.0 Å². The van der Waals surface area contributed by atoms with Crippen molar-refractivity contribution in [2.75, 3.05) is 13.7 Å². The van der Waals surface area contributed by atoms with Crippen LogP contribution < -0.4 is 11.5 Å². The molecule has 0 bridgehead atoms. The molecule has 19 heavy (non-hydrogen) atoms. The number of fused-ring (bicyclic) bond motifs is 1. The third kappa shape index (κ3) is 1.61. The SMILES string of the molecule is COC(=O)C1=COC(O)C2(N)C(CN=O)=CCC12N. The van der Waals surface area contributed by atoms with Gasteiger partial charge in [-0.1, -0.05) is 11.3 Å². The molecule has 0 saturated heterocycles. The fourth-order valence-corrected chi connectivity index (χ4v) is 2.57. The van der Waals surface area contributed by atoms with Crippen molar-refractivity contribution in [3.63, 3.8) is 0 Å². The van der Waals surface area contributed by atoms with E-state index < -0.39 is 23.3 Å². The number of aliphatic hydroxyl groups is 1. The smallest absolute Gasteiger partial charge is 0.338 e. The Kier molecular flexibility index (Phi) is 3.17. The van der Waals surface area contributed by atoms with E-state index in [1.807, 2.05) is 0 Å². The van der Waals surface area contributed by atoms with E-state index in [9.17, 15) is 14.8 Å². The first-order chi connectivity index (χ1) is 8.91. The maximum Gasteiger partial charge on any atom is 0.338 e. The summed E-state index contributed by atoms with van der Waals surface area (Å²) >= 11 is 0. The molecule has 0 spiro atoms. The molecule has 3 atom stereocenters. The van der Waals surface area contributed by atoms with E-state index in [4.69, 9.17) is 16.2 Å². The van der Waals surface area contributed by atoms with Gasteiger partial charge in [0.2, 0.25) is 6.29 Å². The first kappa shape index (κ1) is 13.7. The highest BCUT2D eigenvalue weighted by Gasteiger charge is 2.62. The molecule has 0 amide bonds. The molecule has 1 aliphatic carbocycles. The van der Waals surface area contributed by atoms with Crippen LogP contribution >= 0.6 is 0 Å². The minimum Gasteiger partial charge on any atom is -0.470 e. The number of nitrogens with two attached hydrogens (primary N) is 2. The maximum atomic E-state index is 11.7. The molecule has 104 valence electrons. The maximum absolute atomic E-state index is 11.7. The van der Waals surface area contributed by atoms with E-state index in [2.05, 4.69) is 9.91 Å². The summed E-state index contributed by atoms with van der Waals surface area (Å²) in [6.45, 7) is -0.232. The van der Waals surface area contributed by atoms with Crippen LogP contribution in [0.1, 0.15) is 6.42 Å². The number of nitrogens with zero attached hydrogens (tertiary/aromatic N) is 1. The van der Waals surface area contributed by atoms with Crippen LogP contribution in [0.4, 0.5) is 0 Å². The summed E-state index contributed by atoms with van der Waals surface area (Å²) in [4.78, 5) is 22.2. The van der Waals surface area contributed by atoms with Gasteiger partial charge in [-0.15, -0.1) is 0 Å². The van der Waals surface area contributed by atoms with Crippen LogP contribution in [0.2, 0.25) is 0 Å². The number of esters is 1. The number of carbonyl (C=O) groups is 1. The fraction of sp³-hybridized carbons (Fsp3) is 0.545. The molecule has 0 aromatic rings. The standard InChI is InChI=1S/C11H15N3O5/c1-18-8(15)7-5-19-9(16)11(13)6(4-14-17)2-3-10(7,11)12/h2,5,9,16H,3-4,12-13H2,1H3. The number of hydrogen-bond acceptors (Lipinski definition) is 8. The Morgan fingerprint density at radius 1 is 1.68 bits per heavy atom. The van der Waals surface area contributed by atoms with E-state index >= 15 is 0 Å². The van der Waals surface area contributed by atoms with E-state index in [0.717, 1.165) is 6.26 Å². The molecule has 1 heterocycles. The van der Waals surface area contributed by atoms with Crippen molar-refractivity contribution in [1.29, 1.82) is 0 Å².